The Bertz CT molecular complexity index is 913. The number of halogens is 4. The fourth-order valence-electron chi connectivity index (χ4n) is 4.24. The molecule has 0 radical (unpaired) electrons. The Labute approximate surface area is 178 Å². The first-order valence-corrected chi connectivity index (χ1v) is 11.8. The van der Waals surface area contributed by atoms with Gasteiger partial charge in [-0.15, -0.1) is 0 Å². The number of nitrogens with zero attached hydrogens (tertiary/aromatic N) is 2. The third-order valence-corrected chi connectivity index (χ3v) is 9.02. The van der Waals surface area contributed by atoms with Crippen LogP contribution in [0.5, 0.6) is 0 Å². The van der Waals surface area contributed by atoms with Gasteiger partial charge in [0, 0.05) is 37.6 Å². The lowest BCUT2D eigenvalue weighted by molar-refractivity contribution is -0.163. The molecule has 3 aliphatic rings. The molecule has 30 heavy (non-hydrogen) atoms. The summed E-state index contributed by atoms with van der Waals surface area (Å²) in [4.78, 5) is 13.4. The number of carbonyl (C=O) groups excluding carboxylic acids is 1. The van der Waals surface area contributed by atoms with Crippen LogP contribution in [0.3, 0.4) is 0 Å². The lowest BCUT2D eigenvalue weighted by Gasteiger charge is -2.35. The molecule has 11 heteroatoms. The van der Waals surface area contributed by atoms with Gasteiger partial charge in [-0.25, -0.2) is 17.5 Å². The van der Waals surface area contributed by atoms with Gasteiger partial charge in [0.15, 0.2) is 5.54 Å². The molecule has 0 spiro atoms. The number of benzene rings is 1. The number of urea groups is 1. The van der Waals surface area contributed by atoms with Crippen LogP contribution >= 0.6 is 11.6 Å². The maximum absolute atomic E-state index is 13.8. The highest BCUT2D eigenvalue weighted by Gasteiger charge is 2.77. The van der Waals surface area contributed by atoms with E-state index in [-0.39, 0.29) is 19.0 Å². The van der Waals surface area contributed by atoms with Crippen molar-refractivity contribution in [2.24, 2.45) is 0 Å². The summed E-state index contributed by atoms with van der Waals surface area (Å²) >= 11 is 5.89. The fraction of sp³-hybridized carbons (Fsp3) is 0.632. The van der Waals surface area contributed by atoms with Crippen molar-refractivity contribution < 1.29 is 26.4 Å². The van der Waals surface area contributed by atoms with Crippen LogP contribution in [0.2, 0.25) is 5.02 Å². The number of hydrogen-bond acceptors (Lipinski definition) is 3. The molecule has 2 unspecified atom stereocenters. The zero-order valence-corrected chi connectivity index (χ0v) is 17.7. The van der Waals surface area contributed by atoms with Gasteiger partial charge in [-0.05, 0) is 42.9 Å². The third-order valence-electron chi connectivity index (χ3n) is 6.39. The first-order valence-electron chi connectivity index (χ1n) is 9.93. The van der Waals surface area contributed by atoms with Crippen LogP contribution in [0, 0.1) is 0 Å². The maximum Gasteiger partial charge on any atom is 0.412 e. The van der Waals surface area contributed by atoms with Crippen LogP contribution in [0.25, 0.3) is 0 Å². The third kappa shape index (κ3) is 3.78. The Balaban J connectivity index is 1.44. The minimum absolute atomic E-state index is 0.131. The summed E-state index contributed by atoms with van der Waals surface area (Å²) in [5.41, 5.74) is -1.67. The van der Waals surface area contributed by atoms with Crippen LogP contribution in [-0.2, 0) is 10.0 Å². The van der Waals surface area contributed by atoms with E-state index in [9.17, 15) is 26.4 Å². The smallest absolute Gasteiger partial charge is 0.325 e. The minimum Gasteiger partial charge on any atom is -0.325 e. The molecule has 0 aromatic heterocycles. The van der Waals surface area contributed by atoms with Gasteiger partial charge < -0.3 is 10.2 Å². The van der Waals surface area contributed by atoms with E-state index in [0.29, 0.717) is 31.0 Å². The number of alkyl halides is 3. The van der Waals surface area contributed by atoms with Crippen molar-refractivity contribution in [2.75, 3.05) is 26.2 Å². The van der Waals surface area contributed by atoms with Crippen molar-refractivity contribution in [3.63, 3.8) is 0 Å². The van der Waals surface area contributed by atoms with Crippen LogP contribution in [-0.4, -0.2) is 66.8 Å². The van der Waals surface area contributed by atoms with Crippen LogP contribution in [0.1, 0.15) is 37.2 Å². The Hall–Kier alpha value is -1.52. The van der Waals surface area contributed by atoms with Gasteiger partial charge in [0.2, 0.25) is 10.0 Å². The summed E-state index contributed by atoms with van der Waals surface area (Å²) in [6.07, 6.45) is -3.71. The second-order valence-corrected chi connectivity index (χ2v) is 10.8. The van der Waals surface area contributed by atoms with Gasteiger partial charge in [-0.3, -0.25) is 0 Å². The van der Waals surface area contributed by atoms with Crippen molar-refractivity contribution in [3.8, 4) is 0 Å². The van der Waals surface area contributed by atoms with Crippen LogP contribution in [0.4, 0.5) is 18.0 Å². The number of carbonyl (C=O) groups is 1. The molecular formula is C19H23ClF3N3O3S. The molecule has 2 saturated heterocycles. The highest BCUT2D eigenvalue weighted by atomic mass is 35.5. The van der Waals surface area contributed by atoms with E-state index in [4.69, 9.17) is 11.6 Å². The van der Waals surface area contributed by atoms with Crippen LogP contribution in [0.15, 0.2) is 24.3 Å². The van der Waals surface area contributed by atoms with Crippen molar-refractivity contribution in [3.05, 3.63) is 34.9 Å². The maximum atomic E-state index is 13.8. The molecule has 0 bridgehead atoms. The Morgan fingerprint density at radius 3 is 2.20 bits per heavy atom. The molecule has 166 valence electrons. The standard InChI is InChI=1S/C19H23ClF3N3O3S/c20-15-4-2-13(3-5-15)14-6-10-26(11-7-14)30(28,29)16-12-18(16,19(21,22)23)24-17(27)25-8-1-9-25/h2-5,14,16H,1,6-12H2,(H,24,27). The average Bonchev–Trinajstić information content (AvgIpc) is 3.37. The Kier molecular flexibility index (Phi) is 5.47. The number of nitrogens with one attached hydrogen (secondary N) is 1. The average molecular weight is 466 g/mol. The van der Waals surface area contributed by atoms with Gasteiger partial charge in [0.1, 0.15) is 5.25 Å². The Morgan fingerprint density at radius 2 is 1.70 bits per heavy atom. The zero-order chi connectivity index (χ0) is 21.7. The highest BCUT2D eigenvalue weighted by Crippen LogP contribution is 2.54. The predicted octanol–water partition coefficient (Wildman–Crippen LogP) is 3.34. The van der Waals surface area contributed by atoms with Crippen molar-refractivity contribution in [2.45, 2.75) is 48.6 Å². The van der Waals surface area contributed by atoms with Gasteiger partial charge in [0.25, 0.3) is 0 Å². The predicted molar refractivity (Wildman–Crippen MR) is 106 cm³/mol. The molecule has 1 aromatic carbocycles. The summed E-state index contributed by atoms with van der Waals surface area (Å²) in [5.74, 6) is 0.131. The topological polar surface area (TPSA) is 69.7 Å². The van der Waals surface area contributed by atoms with Gasteiger partial charge in [-0.1, -0.05) is 23.7 Å². The zero-order valence-electron chi connectivity index (χ0n) is 16.2. The van der Waals surface area contributed by atoms with Crippen molar-refractivity contribution in [1.82, 2.24) is 14.5 Å². The number of sulfonamides is 1. The molecule has 6 nitrogen and oxygen atoms in total. The molecule has 1 aliphatic carbocycles. The normalized spacial score (nSPS) is 28.1. The molecule has 2 heterocycles. The van der Waals surface area contributed by atoms with Gasteiger partial charge in [-0.2, -0.15) is 13.2 Å². The molecule has 1 aromatic rings. The lowest BCUT2D eigenvalue weighted by atomic mass is 9.90. The lowest BCUT2D eigenvalue weighted by Crippen LogP contribution is -2.58. The summed E-state index contributed by atoms with van der Waals surface area (Å²) in [6, 6.07) is 6.46. The van der Waals surface area contributed by atoms with E-state index < -0.39 is 39.4 Å². The van der Waals surface area contributed by atoms with E-state index in [2.05, 4.69) is 0 Å². The second-order valence-electron chi connectivity index (χ2n) is 8.20. The first-order chi connectivity index (χ1) is 14.0. The van der Waals surface area contributed by atoms with E-state index in [0.717, 1.165) is 16.3 Å². The number of likely N-dealkylation sites (tertiary alicyclic amines) is 1. The summed E-state index contributed by atoms with van der Waals surface area (Å²) in [6.45, 7) is 1.07. The fourth-order valence-corrected chi connectivity index (χ4v) is 6.62. The SMILES string of the molecule is O=C(NC1(C(F)(F)F)CC1S(=O)(=O)N1CCC(c2ccc(Cl)cc2)CC1)N1CCC1. The number of hydrogen-bond donors (Lipinski definition) is 1. The van der Waals surface area contributed by atoms with Crippen molar-refractivity contribution >= 4 is 27.7 Å². The quantitative estimate of drug-likeness (QED) is 0.741. The molecule has 1 N–H and O–H groups in total. The molecule has 2 atom stereocenters. The number of piperidine rings is 1. The summed E-state index contributed by atoms with van der Waals surface area (Å²) < 4.78 is 68.4. The number of amides is 2. The monoisotopic (exact) mass is 465 g/mol. The molecule has 4 rings (SSSR count). The van der Waals surface area contributed by atoms with Gasteiger partial charge in [0.05, 0.1) is 0 Å². The highest BCUT2D eigenvalue weighted by molar-refractivity contribution is 7.90. The largest absolute Gasteiger partial charge is 0.412 e. The molecule has 2 amide bonds. The van der Waals surface area contributed by atoms with Gasteiger partial charge >= 0.3 is 12.2 Å². The van der Waals surface area contributed by atoms with Crippen molar-refractivity contribution in [1.29, 1.82) is 0 Å². The minimum atomic E-state index is -4.84. The molecular weight excluding hydrogens is 443 g/mol. The molecule has 1 saturated carbocycles. The number of rotatable bonds is 4. The van der Waals surface area contributed by atoms with E-state index >= 15 is 0 Å². The first kappa shape index (κ1) is 21.7. The molecule has 2 aliphatic heterocycles. The second kappa shape index (κ2) is 7.56. The van der Waals surface area contributed by atoms with E-state index in [1.54, 1.807) is 12.1 Å². The van der Waals surface area contributed by atoms with E-state index in [1.165, 1.54) is 4.90 Å². The van der Waals surface area contributed by atoms with E-state index in [1.807, 2.05) is 17.4 Å². The molecule has 3 fully saturated rings. The summed E-state index contributed by atoms with van der Waals surface area (Å²) in [7, 11) is -4.19. The Morgan fingerprint density at radius 1 is 1.10 bits per heavy atom. The van der Waals surface area contributed by atoms with Crippen LogP contribution < -0.4 is 5.32 Å². The summed E-state index contributed by atoms with van der Waals surface area (Å²) in [5, 5.41) is 0.917.